The summed E-state index contributed by atoms with van der Waals surface area (Å²) in [5.74, 6) is 1.73. The molecule has 0 amide bonds. The minimum absolute atomic E-state index is 0.133. The molecule has 2 aromatic carbocycles. The van der Waals surface area contributed by atoms with Crippen molar-refractivity contribution in [2.45, 2.75) is 72.8 Å². The van der Waals surface area contributed by atoms with Crippen molar-refractivity contribution >= 4 is 45.7 Å². The van der Waals surface area contributed by atoms with Gasteiger partial charge < -0.3 is 5.32 Å². The summed E-state index contributed by atoms with van der Waals surface area (Å²) in [6.07, 6.45) is 1.05. The quantitative estimate of drug-likeness (QED) is 0.264. The van der Waals surface area contributed by atoms with Crippen LogP contribution in [0.5, 0.6) is 0 Å². The molecule has 1 N–H and O–H groups in total. The second kappa shape index (κ2) is 13.2. The van der Waals surface area contributed by atoms with Crippen molar-refractivity contribution in [1.82, 2.24) is 5.32 Å². The first-order valence-corrected chi connectivity index (χ1v) is 16.4. The number of benzene rings is 2. The number of amidine groups is 1. The van der Waals surface area contributed by atoms with Crippen LogP contribution in [0.1, 0.15) is 83.4 Å². The number of nitrogens with zero attached hydrogens (tertiary/aromatic N) is 2. The fraction of sp³-hybridized carbons (Fsp3) is 0.481. The molecule has 1 aliphatic rings. The Hall–Kier alpha value is -0.966. The number of hydrogen-bond donors (Lipinski definition) is 1. The van der Waals surface area contributed by atoms with Crippen LogP contribution in [0.3, 0.4) is 0 Å². The Balaban J connectivity index is 0.00000122. The molecule has 1 atom stereocenters. The van der Waals surface area contributed by atoms with E-state index < -0.39 is 0 Å². The number of aliphatic imine (C=N–C) groups is 2. The summed E-state index contributed by atoms with van der Waals surface area (Å²) in [4.78, 5) is 10.5. The van der Waals surface area contributed by atoms with Crippen LogP contribution in [0, 0.1) is 5.41 Å². The molecule has 0 bridgehead atoms. The second-order valence-electron chi connectivity index (χ2n) is 10.0. The van der Waals surface area contributed by atoms with Gasteiger partial charge in [-0.2, -0.15) is 0 Å². The molecule has 0 aromatic heterocycles. The Morgan fingerprint density at radius 1 is 0.970 bits per heavy atom. The van der Waals surface area contributed by atoms with Crippen LogP contribution in [0.15, 0.2) is 58.5 Å². The van der Waals surface area contributed by atoms with Crippen LogP contribution in [-0.4, -0.2) is 24.1 Å². The van der Waals surface area contributed by atoms with Crippen molar-refractivity contribution < 1.29 is 10.9 Å². The van der Waals surface area contributed by atoms with E-state index in [2.05, 4.69) is 131 Å². The molecule has 0 fully saturated rings. The zero-order valence-corrected chi connectivity index (χ0v) is 24.9. The summed E-state index contributed by atoms with van der Waals surface area (Å²) < 4.78 is 0. The van der Waals surface area contributed by atoms with Gasteiger partial charge in [0, 0.05) is 12.1 Å². The van der Waals surface area contributed by atoms with Gasteiger partial charge in [0.1, 0.15) is 11.5 Å². The van der Waals surface area contributed by atoms with Crippen LogP contribution >= 0.6 is 28.5 Å². The molecule has 33 heavy (non-hydrogen) atoms. The minimum atomic E-state index is 0.133. The Morgan fingerprint density at radius 3 is 2.00 bits per heavy atom. The molecule has 0 spiro atoms. The van der Waals surface area contributed by atoms with E-state index in [0.717, 1.165) is 35.8 Å². The molecule has 2 aromatic rings. The molecular weight excluding hydrogens is 585 g/mol. The number of hydrogen-bond acceptors (Lipinski definition) is 3. The average molecular weight is 622 g/mol. The monoisotopic (exact) mass is 619 g/mol. The van der Waals surface area contributed by atoms with Crippen LogP contribution < -0.4 is 5.32 Å². The molecule has 0 radical (unpaired) electrons. The summed E-state index contributed by atoms with van der Waals surface area (Å²) in [5.41, 5.74) is 5.86. The van der Waals surface area contributed by atoms with E-state index in [1.54, 1.807) is 0 Å². The summed E-state index contributed by atoms with van der Waals surface area (Å²) in [6, 6.07) is 17.4. The predicted octanol–water partition coefficient (Wildman–Crippen LogP) is 8.55. The molecular formula is C27H37Br2N3Ni. The molecule has 0 aliphatic carbocycles. The van der Waals surface area contributed by atoms with Crippen molar-refractivity contribution in [2.24, 2.45) is 15.4 Å². The first-order chi connectivity index (χ1) is 15.6. The van der Waals surface area contributed by atoms with Crippen LogP contribution in [0.25, 0.3) is 0 Å². The Bertz CT molecular complexity index is 921. The average Bonchev–Trinajstić information content (AvgIpc) is 2.77. The van der Waals surface area contributed by atoms with Gasteiger partial charge in [0.15, 0.2) is 0 Å². The first-order valence-electron chi connectivity index (χ1n) is 11.5. The molecule has 1 aliphatic heterocycles. The van der Waals surface area contributed by atoms with E-state index in [-0.39, 0.29) is 11.5 Å². The number of para-hydroxylation sites is 1. The van der Waals surface area contributed by atoms with E-state index in [0.29, 0.717) is 11.8 Å². The third-order valence-corrected chi connectivity index (χ3v) is 5.83. The van der Waals surface area contributed by atoms with Crippen LogP contribution in [-0.2, 0) is 10.9 Å². The summed E-state index contributed by atoms with van der Waals surface area (Å²) in [5, 5.41) is 3.56. The predicted molar refractivity (Wildman–Crippen MR) is 148 cm³/mol. The third kappa shape index (κ3) is 8.04. The van der Waals surface area contributed by atoms with Crippen molar-refractivity contribution in [2.75, 3.05) is 6.54 Å². The first kappa shape index (κ1) is 28.3. The van der Waals surface area contributed by atoms with Crippen molar-refractivity contribution in [3.05, 3.63) is 65.2 Å². The summed E-state index contributed by atoms with van der Waals surface area (Å²) in [7, 11) is 1.25. The standard InChI is InChI=1S/C27H37N3.2BrH.Ni/c1-18(2)21-14-11-15-22(19(3)4)25(21)30-24(20-12-9-8-10-13-20)26-28-17-16-23(29-26)27(5,6)7;;;/h8-15,18-19,23H,16-17H2,1-7H3,(H,28,29);2*1H;/q;;;+2/p-2/t23-;;;/m1.../s1. The molecule has 0 saturated heterocycles. The van der Waals surface area contributed by atoms with E-state index in [1.165, 1.54) is 22.0 Å². The van der Waals surface area contributed by atoms with Crippen molar-refractivity contribution in [3.8, 4) is 0 Å². The molecule has 6 heteroatoms. The van der Waals surface area contributed by atoms with Gasteiger partial charge in [-0.25, -0.2) is 4.99 Å². The number of rotatable bonds is 5. The molecule has 3 rings (SSSR count). The van der Waals surface area contributed by atoms with Gasteiger partial charge in [0.2, 0.25) is 0 Å². The number of nitrogens with one attached hydrogen (secondary N) is 1. The Kier molecular flexibility index (Phi) is 11.3. The van der Waals surface area contributed by atoms with E-state index >= 15 is 0 Å². The Labute approximate surface area is 220 Å². The second-order valence-corrected chi connectivity index (χ2v) is 15.0. The SMILES string of the molecule is CC(C)c1cccc(C(C)C)c1N=C(C1=N[C@@H](C(C)(C)C)CCN1)c1ccccc1.[Br][Ni][Br]. The van der Waals surface area contributed by atoms with Crippen LogP contribution in [0.4, 0.5) is 5.69 Å². The number of halogens is 2. The molecule has 0 unspecified atom stereocenters. The van der Waals surface area contributed by atoms with Gasteiger partial charge in [-0.3, -0.25) is 4.99 Å². The molecule has 184 valence electrons. The van der Waals surface area contributed by atoms with Gasteiger partial charge in [0.05, 0.1) is 11.7 Å². The van der Waals surface area contributed by atoms with E-state index in [1.807, 2.05) is 0 Å². The van der Waals surface area contributed by atoms with Crippen molar-refractivity contribution in [3.63, 3.8) is 0 Å². The fourth-order valence-corrected chi connectivity index (χ4v) is 3.97. The third-order valence-electron chi connectivity index (χ3n) is 5.83. The van der Waals surface area contributed by atoms with Gasteiger partial charge in [0.25, 0.3) is 0 Å². The molecule has 1 heterocycles. The van der Waals surface area contributed by atoms with Gasteiger partial charge in [-0.1, -0.05) is 97.0 Å². The Morgan fingerprint density at radius 2 is 1.52 bits per heavy atom. The zero-order valence-electron chi connectivity index (χ0n) is 20.7. The topological polar surface area (TPSA) is 36.8 Å². The van der Waals surface area contributed by atoms with E-state index in [9.17, 15) is 0 Å². The molecule has 3 nitrogen and oxygen atoms in total. The summed E-state index contributed by atoms with van der Waals surface area (Å²) >= 11 is 6.00. The zero-order chi connectivity index (χ0) is 24.6. The van der Waals surface area contributed by atoms with Gasteiger partial charge in [-0.05, 0) is 34.8 Å². The maximum atomic E-state index is 5.33. The van der Waals surface area contributed by atoms with Crippen molar-refractivity contribution in [1.29, 1.82) is 0 Å². The van der Waals surface area contributed by atoms with Gasteiger partial charge >= 0.3 is 39.3 Å². The summed E-state index contributed by atoms with van der Waals surface area (Å²) in [6.45, 7) is 16.7. The molecule has 0 saturated carbocycles. The van der Waals surface area contributed by atoms with Crippen LogP contribution in [0.2, 0.25) is 0 Å². The maximum absolute atomic E-state index is 5.33. The normalized spacial score (nSPS) is 16.9. The van der Waals surface area contributed by atoms with E-state index in [4.69, 9.17) is 9.98 Å². The fourth-order valence-electron chi connectivity index (χ4n) is 3.97. The van der Waals surface area contributed by atoms with Gasteiger partial charge in [-0.15, -0.1) is 0 Å².